The molecule has 0 aliphatic carbocycles. The molecule has 1 atom stereocenters. The third kappa shape index (κ3) is 5.80. The lowest BCUT2D eigenvalue weighted by atomic mass is 10.1. The second kappa shape index (κ2) is 9.73. The summed E-state index contributed by atoms with van der Waals surface area (Å²) in [5, 5.41) is 17.6. The molecule has 1 unspecified atom stereocenters. The van der Waals surface area contributed by atoms with Crippen LogP contribution >= 0.6 is 23.1 Å². The van der Waals surface area contributed by atoms with Gasteiger partial charge in [-0.2, -0.15) is 0 Å². The summed E-state index contributed by atoms with van der Waals surface area (Å²) < 4.78 is 0.714. The molecule has 3 aromatic rings. The molecule has 2 aromatic carbocycles. The van der Waals surface area contributed by atoms with Gasteiger partial charge in [0, 0.05) is 24.0 Å². The number of hydrogen-bond acceptors (Lipinski definition) is 7. The van der Waals surface area contributed by atoms with E-state index in [0.717, 1.165) is 5.69 Å². The smallest absolute Gasteiger partial charge is 0.237 e. The van der Waals surface area contributed by atoms with Crippen LogP contribution in [0.15, 0.2) is 46.8 Å². The maximum Gasteiger partial charge on any atom is 0.237 e. The van der Waals surface area contributed by atoms with E-state index in [0.29, 0.717) is 20.8 Å². The zero-order chi connectivity index (χ0) is 21.7. The van der Waals surface area contributed by atoms with Crippen molar-refractivity contribution < 1.29 is 9.59 Å². The Morgan fingerprint density at radius 3 is 2.33 bits per heavy atom. The van der Waals surface area contributed by atoms with Gasteiger partial charge >= 0.3 is 0 Å². The third-order valence-electron chi connectivity index (χ3n) is 4.37. The van der Waals surface area contributed by atoms with E-state index in [1.807, 2.05) is 19.1 Å². The first-order valence-electron chi connectivity index (χ1n) is 9.33. The molecule has 0 aliphatic rings. The molecule has 156 valence electrons. The van der Waals surface area contributed by atoms with Gasteiger partial charge in [-0.1, -0.05) is 35.2 Å². The minimum atomic E-state index is -0.346. The first-order valence-corrected chi connectivity index (χ1v) is 11.0. The van der Waals surface area contributed by atoms with Gasteiger partial charge in [-0.3, -0.25) is 9.59 Å². The van der Waals surface area contributed by atoms with E-state index in [1.165, 1.54) is 41.1 Å². The van der Waals surface area contributed by atoms with Gasteiger partial charge in [0.2, 0.25) is 16.9 Å². The molecule has 2 amide bonds. The van der Waals surface area contributed by atoms with Crippen LogP contribution in [0.25, 0.3) is 0 Å². The van der Waals surface area contributed by atoms with Crippen LogP contribution in [-0.2, 0) is 9.59 Å². The topological polar surface area (TPSA) is 96.0 Å². The van der Waals surface area contributed by atoms with Crippen molar-refractivity contribution in [3.8, 4) is 0 Å². The summed E-state index contributed by atoms with van der Waals surface area (Å²) in [6, 6.07) is 13.0. The molecule has 0 saturated carbocycles. The average molecular weight is 442 g/mol. The number of benzene rings is 2. The molecule has 1 heterocycles. The number of rotatable bonds is 7. The Morgan fingerprint density at radius 1 is 1.00 bits per heavy atom. The minimum Gasteiger partial charge on any atom is -0.330 e. The first-order chi connectivity index (χ1) is 14.3. The lowest BCUT2D eigenvalue weighted by Gasteiger charge is -2.11. The third-order valence-corrected chi connectivity index (χ3v) is 6.40. The van der Waals surface area contributed by atoms with Crippen molar-refractivity contribution in [3.63, 3.8) is 0 Å². The van der Waals surface area contributed by atoms with E-state index in [4.69, 9.17) is 0 Å². The Labute approximate surface area is 183 Å². The van der Waals surface area contributed by atoms with Crippen LogP contribution in [0.2, 0.25) is 0 Å². The van der Waals surface area contributed by atoms with E-state index in [2.05, 4.69) is 46.1 Å². The molecule has 7 nitrogen and oxygen atoms in total. The van der Waals surface area contributed by atoms with E-state index >= 15 is 0 Å². The van der Waals surface area contributed by atoms with Crippen molar-refractivity contribution in [2.75, 3.05) is 16.0 Å². The Bertz CT molecular complexity index is 1050. The highest BCUT2D eigenvalue weighted by molar-refractivity contribution is 8.02. The highest BCUT2D eigenvalue weighted by Crippen LogP contribution is 2.32. The summed E-state index contributed by atoms with van der Waals surface area (Å²) in [5.74, 6) is -0.271. The lowest BCUT2D eigenvalue weighted by Crippen LogP contribution is -2.22. The predicted molar refractivity (Wildman–Crippen MR) is 124 cm³/mol. The zero-order valence-electron chi connectivity index (χ0n) is 17.1. The summed E-state index contributed by atoms with van der Waals surface area (Å²) in [4.78, 5) is 23.6. The molecule has 3 N–H and O–H groups in total. The number of nitrogens with one attached hydrogen (secondary N) is 3. The standard InChI is InChI=1S/C21H23N5O2S2/c1-12-6-5-7-18(13(12)2)24-20-25-26-21(30-20)29-14(3)19(28)23-17-10-8-16(9-11-17)22-15(4)27/h5-11,14H,1-4H3,(H,22,27)(H,23,28)(H,24,25). The molecule has 0 saturated heterocycles. The van der Waals surface area contributed by atoms with Gasteiger partial charge in [0.15, 0.2) is 4.34 Å². The number of nitrogens with zero attached hydrogens (tertiary/aromatic N) is 2. The van der Waals surface area contributed by atoms with Crippen LogP contribution in [0.3, 0.4) is 0 Å². The number of anilines is 4. The Hall–Kier alpha value is -2.91. The van der Waals surface area contributed by atoms with E-state index in [9.17, 15) is 9.59 Å². The van der Waals surface area contributed by atoms with Gasteiger partial charge in [0.05, 0.1) is 5.25 Å². The molecule has 0 fully saturated rings. The normalized spacial score (nSPS) is 11.6. The summed E-state index contributed by atoms with van der Waals surface area (Å²) >= 11 is 2.77. The summed E-state index contributed by atoms with van der Waals surface area (Å²) in [5.41, 5.74) is 4.71. The number of carbonyl (C=O) groups is 2. The van der Waals surface area contributed by atoms with Crippen LogP contribution in [0.1, 0.15) is 25.0 Å². The SMILES string of the molecule is CC(=O)Nc1ccc(NC(=O)C(C)Sc2nnc(Nc3cccc(C)c3C)s2)cc1. The Balaban J connectivity index is 1.56. The summed E-state index contributed by atoms with van der Waals surface area (Å²) in [6.07, 6.45) is 0. The molecule has 0 bridgehead atoms. The molecule has 30 heavy (non-hydrogen) atoms. The molecule has 0 spiro atoms. The van der Waals surface area contributed by atoms with Gasteiger partial charge < -0.3 is 16.0 Å². The molecule has 1 aromatic heterocycles. The van der Waals surface area contributed by atoms with E-state index in [1.54, 1.807) is 24.3 Å². The second-order valence-electron chi connectivity index (χ2n) is 6.75. The van der Waals surface area contributed by atoms with Crippen LogP contribution in [0.5, 0.6) is 0 Å². The van der Waals surface area contributed by atoms with Crippen molar-refractivity contribution in [2.45, 2.75) is 37.3 Å². The number of carbonyl (C=O) groups excluding carboxylic acids is 2. The predicted octanol–water partition coefficient (Wildman–Crippen LogP) is 4.98. The van der Waals surface area contributed by atoms with E-state index < -0.39 is 0 Å². The fourth-order valence-electron chi connectivity index (χ4n) is 2.60. The molecule has 0 radical (unpaired) electrons. The number of amides is 2. The Kier molecular flexibility index (Phi) is 7.07. The quantitative estimate of drug-likeness (QED) is 0.448. The number of aryl methyl sites for hydroxylation is 1. The zero-order valence-corrected chi connectivity index (χ0v) is 18.8. The van der Waals surface area contributed by atoms with Gasteiger partial charge in [-0.25, -0.2) is 0 Å². The minimum absolute atomic E-state index is 0.133. The van der Waals surface area contributed by atoms with Gasteiger partial charge in [-0.05, 0) is 62.2 Å². The van der Waals surface area contributed by atoms with Crippen molar-refractivity contribution in [1.29, 1.82) is 0 Å². The van der Waals surface area contributed by atoms with Crippen LogP contribution < -0.4 is 16.0 Å². The average Bonchev–Trinajstić information content (AvgIpc) is 3.13. The monoisotopic (exact) mass is 441 g/mol. The second-order valence-corrected chi connectivity index (χ2v) is 9.32. The number of thioether (sulfide) groups is 1. The summed E-state index contributed by atoms with van der Waals surface area (Å²) in [7, 11) is 0. The van der Waals surface area contributed by atoms with Gasteiger partial charge in [0.1, 0.15) is 0 Å². The molecule has 9 heteroatoms. The highest BCUT2D eigenvalue weighted by atomic mass is 32.2. The van der Waals surface area contributed by atoms with E-state index in [-0.39, 0.29) is 17.1 Å². The first kappa shape index (κ1) is 21.8. The fraction of sp³-hybridized carbons (Fsp3) is 0.238. The van der Waals surface area contributed by atoms with Crippen LogP contribution in [-0.4, -0.2) is 27.3 Å². The summed E-state index contributed by atoms with van der Waals surface area (Å²) in [6.45, 7) is 7.40. The largest absolute Gasteiger partial charge is 0.330 e. The molecule has 3 rings (SSSR count). The highest BCUT2D eigenvalue weighted by Gasteiger charge is 2.18. The maximum atomic E-state index is 12.5. The lowest BCUT2D eigenvalue weighted by molar-refractivity contribution is -0.115. The fourth-order valence-corrected chi connectivity index (χ4v) is 4.51. The maximum absolute atomic E-state index is 12.5. The van der Waals surface area contributed by atoms with Crippen molar-refractivity contribution >= 4 is 57.1 Å². The molecule has 0 aliphatic heterocycles. The van der Waals surface area contributed by atoms with Crippen LogP contribution in [0, 0.1) is 13.8 Å². The van der Waals surface area contributed by atoms with Crippen molar-refractivity contribution in [3.05, 3.63) is 53.6 Å². The van der Waals surface area contributed by atoms with Gasteiger partial charge in [-0.15, -0.1) is 10.2 Å². The Morgan fingerprint density at radius 2 is 1.67 bits per heavy atom. The van der Waals surface area contributed by atoms with Crippen LogP contribution in [0.4, 0.5) is 22.2 Å². The molecular weight excluding hydrogens is 418 g/mol. The number of aromatic nitrogens is 2. The van der Waals surface area contributed by atoms with Crippen molar-refractivity contribution in [1.82, 2.24) is 10.2 Å². The molecular formula is C21H23N5O2S2. The van der Waals surface area contributed by atoms with Crippen molar-refractivity contribution in [2.24, 2.45) is 0 Å². The van der Waals surface area contributed by atoms with Gasteiger partial charge in [0.25, 0.3) is 0 Å². The number of hydrogen-bond donors (Lipinski definition) is 3.